The van der Waals surface area contributed by atoms with Crippen molar-refractivity contribution in [1.29, 1.82) is 0 Å². The van der Waals surface area contributed by atoms with E-state index >= 15 is 0 Å². The number of rotatable bonds is 9. The van der Waals surface area contributed by atoms with Crippen LogP contribution >= 0.6 is 11.3 Å². The SMILES string of the molecule is C=CCc1ccccc1OCc1cc(/C=C/C(=O)c2ccc(C)s2)ccc1OC. The maximum atomic E-state index is 12.3. The molecule has 0 aliphatic rings. The number of carbonyl (C=O) groups excluding carboxylic acids is 1. The molecule has 29 heavy (non-hydrogen) atoms. The van der Waals surface area contributed by atoms with Crippen LogP contribution < -0.4 is 9.47 Å². The largest absolute Gasteiger partial charge is 0.496 e. The van der Waals surface area contributed by atoms with E-state index in [-0.39, 0.29) is 5.78 Å². The Morgan fingerprint density at radius 3 is 2.62 bits per heavy atom. The summed E-state index contributed by atoms with van der Waals surface area (Å²) in [5, 5.41) is 0. The lowest BCUT2D eigenvalue weighted by molar-refractivity contribution is 0.105. The van der Waals surface area contributed by atoms with Crippen LogP contribution in [0, 0.1) is 6.92 Å². The molecule has 3 rings (SSSR count). The van der Waals surface area contributed by atoms with Gasteiger partial charge in [0.1, 0.15) is 18.1 Å². The second-order valence-electron chi connectivity index (χ2n) is 6.57. The van der Waals surface area contributed by atoms with E-state index in [1.807, 2.05) is 73.7 Å². The Morgan fingerprint density at radius 2 is 1.90 bits per heavy atom. The van der Waals surface area contributed by atoms with Crippen molar-refractivity contribution in [3.63, 3.8) is 0 Å². The second-order valence-corrected chi connectivity index (χ2v) is 7.86. The van der Waals surface area contributed by atoms with E-state index in [4.69, 9.17) is 9.47 Å². The van der Waals surface area contributed by atoms with Gasteiger partial charge in [0.25, 0.3) is 0 Å². The molecule has 0 unspecified atom stereocenters. The summed E-state index contributed by atoms with van der Waals surface area (Å²) in [7, 11) is 1.64. The Kier molecular flexibility index (Phi) is 7.04. The van der Waals surface area contributed by atoms with Gasteiger partial charge in [-0.25, -0.2) is 0 Å². The van der Waals surface area contributed by atoms with Gasteiger partial charge in [-0.05, 0) is 60.9 Å². The normalized spacial score (nSPS) is 10.8. The van der Waals surface area contributed by atoms with Crippen molar-refractivity contribution in [2.24, 2.45) is 0 Å². The number of thiophene rings is 1. The lowest BCUT2D eigenvalue weighted by atomic mass is 10.1. The fourth-order valence-corrected chi connectivity index (χ4v) is 3.75. The molecule has 0 fully saturated rings. The number of ether oxygens (including phenoxy) is 2. The first-order valence-electron chi connectivity index (χ1n) is 9.38. The van der Waals surface area contributed by atoms with Gasteiger partial charge < -0.3 is 9.47 Å². The zero-order valence-electron chi connectivity index (χ0n) is 16.7. The van der Waals surface area contributed by atoms with Crippen LogP contribution in [0.4, 0.5) is 0 Å². The maximum absolute atomic E-state index is 12.3. The van der Waals surface area contributed by atoms with Gasteiger partial charge in [-0.2, -0.15) is 0 Å². The molecular formula is C25H24O3S. The molecule has 3 aromatic rings. The van der Waals surface area contributed by atoms with Crippen LogP contribution in [-0.2, 0) is 13.0 Å². The van der Waals surface area contributed by atoms with Gasteiger partial charge in [0, 0.05) is 10.4 Å². The molecule has 0 spiro atoms. The van der Waals surface area contributed by atoms with Crippen molar-refractivity contribution in [3.8, 4) is 11.5 Å². The average Bonchev–Trinajstić information content (AvgIpc) is 3.18. The summed E-state index contributed by atoms with van der Waals surface area (Å²) in [6.45, 7) is 6.17. The van der Waals surface area contributed by atoms with Crippen LogP contribution in [0.25, 0.3) is 6.08 Å². The fraction of sp³-hybridized carbons (Fsp3) is 0.160. The number of hydrogen-bond acceptors (Lipinski definition) is 4. The van der Waals surface area contributed by atoms with Crippen molar-refractivity contribution < 1.29 is 14.3 Å². The van der Waals surface area contributed by atoms with Crippen molar-refractivity contribution in [3.05, 3.63) is 99.8 Å². The Morgan fingerprint density at radius 1 is 1.07 bits per heavy atom. The third-order valence-corrected chi connectivity index (χ3v) is 5.45. The summed E-state index contributed by atoms with van der Waals surface area (Å²) in [6.07, 6.45) is 6.05. The summed E-state index contributed by atoms with van der Waals surface area (Å²) in [4.78, 5) is 14.2. The van der Waals surface area contributed by atoms with Gasteiger partial charge in [0.2, 0.25) is 0 Å². The van der Waals surface area contributed by atoms with Gasteiger partial charge in [-0.3, -0.25) is 4.79 Å². The first-order chi connectivity index (χ1) is 14.1. The van der Waals surface area contributed by atoms with Gasteiger partial charge in [-0.1, -0.05) is 36.4 Å². The molecule has 1 heterocycles. The summed E-state index contributed by atoms with van der Waals surface area (Å²) < 4.78 is 11.5. The Labute approximate surface area is 175 Å². The Bertz CT molecular complexity index is 1030. The molecule has 1 aromatic heterocycles. The average molecular weight is 405 g/mol. The Hall–Kier alpha value is -3.11. The lowest BCUT2D eigenvalue weighted by Crippen LogP contribution is -2.01. The molecule has 0 atom stereocenters. The van der Waals surface area contributed by atoms with Gasteiger partial charge >= 0.3 is 0 Å². The maximum Gasteiger partial charge on any atom is 0.195 e. The number of para-hydroxylation sites is 1. The number of methoxy groups -OCH3 is 1. The lowest BCUT2D eigenvalue weighted by Gasteiger charge is -2.13. The predicted octanol–water partition coefficient (Wildman–Crippen LogP) is 6.27. The molecule has 0 aliphatic carbocycles. The van der Waals surface area contributed by atoms with Crippen LogP contribution in [0.1, 0.15) is 31.2 Å². The third-order valence-electron chi connectivity index (χ3n) is 4.43. The highest BCUT2D eigenvalue weighted by atomic mass is 32.1. The highest BCUT2D eigenvalue weighted by Crippen LogP contribution is 2.25. The van der Waals surface area contributed by atoms with E-state index in [0.717, 1.165) is 44.4 Å². The minimum absolute atomic E-state index is 0.00932. The van der Waals surface area contributed by atoms with Gasteiger partial charge in [0.05, 0.1) is 12.0 Å². The molecule has 4 heteroatoms. The number of allylic oxidation sites excluding steroid dienone is 2. The van der Waals surface area contributed by atoms with Crippen molar-refractivity contribution in [1.82, 2.24) is 0 Å². The van der Waals surface area contributed by atoms with E-state index in [9.17, 15) is 4.79 Å². The van der Waals surface area contributed by atoms with E-state index in [1.165, 1.54) is 11.3 Å². The fourth-order valence-electron chi connectivity index (χ4n) is 2.96. The smallest absolute Gasteiger partial charge is 0.195 e. The number of aryl methyl sites for hydroxylation is 1. The van der Waals surface area contributed by atoms with Crippen molar-refractivity contribution >= 4 is 23.2 Å². The zero-order chi connectivity index (χ0) is 20.6. The monoisotopic (exact) mass is 404 g/mol. The first-order valence-corrected chi connectivity index (χ1v) is 10.2. The molecule has 0 amide bonds. The highest BCUT2D eigenvalue weighted by Gasteiger charge is 2.08. The molecule has 0 N–H and O–H groups in total. The summed E-state index contributed by atoms with van der Waals surface area (Å²) in [5.74, 6) is 1.59. The molecule has 0 aliphatic heterocycles. The van der Waals surface area contributed by atoms with E-state index < -0.39 is 0 Å². The standard InChI is InChI=1S/C25H24O3S/c1-4-7-20-8-5-6-9-24(20)28-17-21-16-19(12-14-23(21)27-3)11-13-22(26)25-15-10-18(2)29-25/h4-6,8-16H,1,7,17H2,2-3H3/b13-11+. The number of hydrogen-bond donors (Lipinski definition) is 0. The first kappa shape index (κ1) is 20.6. The molecular weight excluding hydrogens is 380 g/mol. The number of benzene rings is 2. The molecule has 0 saturated carbocycles. The van der Waals surface area contributed by atoms with E-state index in [1.54, 1.807) is 13.2 Å². The number of ketones is 1. The second kappa shape index (κ2) is 9.89. The minimum Gasteiger partial charge on any atom is -0.496 e. The van der Waals surface area contributed by atoms with Crippen LogP contribution in [0.5, 0.6) is 11.5 Å². The number of carbonyl (C=O) groups is 1. The highest BCUT2D eigenvalue weighted by molar-refractivity contribution is 7.14. The molecule has 148 valence electrons. The molecule has 0 saturated heterocycles. The van der Waals surface area contributed by atoms with Crippen molar-refractivity contribution in [2.45, 2.75) is 20.0 Å². The molecule has 0 radical (unpaired) electrons. The summed E-state index contributed by atoms with van der Waals surface area (Å²) in [5.41, 5.74) is 2.93. The van der Waals surface area contributed by atoms with Crippen LogP contribution in [0.2, 0.25) is 0 Å². The van der Waals surface area contributed by atoms with E-state index in [0.29, 0.717) is 6.61 Å². The van der Waals surface area contributed by atoms with E-state index in [2.05, 4.69) is 6.58 Å². The summed E-state index contributed by atoms with van der Waals surface area (Å²) in [6, 6.07) is 17.6. The van der Waals surface area contributed by atoms with Gasteiger partial charge in [-0.15, -0.1) is 17.9 Å². The molecule has 0 bridgehead atoms. The molecule has 3 nitrogen and oxygen atoms in total. The predicted molar refractivity (Wildman–Crippen MR) is 120 cm³/mol. The third kappa shape index (κ3) is 5.46. The zero-order valence-corrected chi connectivity index (χ0v) is 17.5. The minimum atomic E-state index is 0.00932. The van der Waals surface area contributed by atoms with Crippen LogP contribution in [-0.4, -0.2) is 12.9 Å². The van der Waals surface area contributed by atoms with Crippen molar-refractivity contribution in [2.75, 3.05) is 7.11 Å². The van der Waals surface area contributed by atoms with Gasteiger partial charge in [0.15, 0.2) is 5.78 Å². The topological polar surface area (TPSA) is 35.5 Å². The van der Waals surface area contributed by atoms with Crippen LogP contribution in [0.15, 0.2) is 73.3 Å². The quantitative estimate of drug-likeness (QED) is 0.240. The Balaban J connectivity index is 1.76. The van der Waals surface area contributed by atoms with Crippen LogP contribution in [0.3, 0.4) is 0 Å². The summed E-state index contributed by atoms with van der Waals surface area (Å²) >= 11 is 1.50. The molecule has 2 aromatic carbocycles.